The highest BCUT2D eigenvalue weighted by Gasteiger charge is 2.31. The van der Waals surface area contributed by atoms with Crippen molar-refractivity contribution in [1.29, 1.82) is 0 Å². The number of aromatic amines is 1. The molecule has 0 saturated carbocycles. The lowest BCUT2D eigenvalue weighted by molar-refractivity contribution is 0.322. The Kier molecular flexibility index (Phi) is 6.64. The summed E-state index contributed by atoms with van der Waals surface area (Å²) < 4.78 is 27.2. The number of nitrogens with zero attached hydrogens (tertiary/aromatic N) is 2. The molecule has 1 rings (SSSR count). The maximum absolute atomic E-state index is 12.8. The average Bonchev–Trinajstić information content (AvgIpc) is 2.88. The van der Waals surface area contributed by atoms with Gasteiger partial charge in [0.1, 0.15) is 0 Å². The van der Waals surface area contributed by atoms with Gasteiger partial charge in [0.25, 0.3) is 10.0 Å². The zero-order chi connectivity index (χ0) is 15.2. The van der Waals surface area contributed by atoms with Crippen LogP contribution in [0.4, 0.5) is 0 Å². The minimum atomic E-state index is -3.52. The quantitative estimate of drug-likeness (QED) is 0.728. The van der Waals surface area contributed by atoms with E-state index in [1.54, 1.807) is 17.5 Å². The van der Waals surface area contributed by atoms with Crippen LogP contribution in [-0.2, 0) is 16.6 Å². The van der Waals surface area contributed by atoms with Crippen LogP contribution in [0.25, 0.3) is 0 Å². The van der Waals surface area contributed by atoms with Crippen LogP contribution in [0.5, 0.6) is 0 Å². The summed E-state index contributed by atoms with van der Waals surface area (Å²) in [5, 5.41) is 9.71. The zero-order valence-electron chi connectivity index (χ0n) is 12.8. The molecule has 0 radical (unpaired) electrons. The van der Waals surface area contributed by atoms with Crippen LogP contribution in [0.3, 0.4) is 0 Å². The third-order valence-electron chi connectivity index (χ3n) is 3.43. The number of hydrogen-bond donors (Lipinski definition) is 2. The zero-order valence-corrected chi connectivity index (χ0v) is 13.6. The van der Waals surface area contributed by atoms with Crippen molar-refractivity contribution >= 4 is 10.0 Å². The first kappa shape index (κ1) is 17.1. The smallest absolute Gasteiger partial charge is 0.260 e. The lowest BCUT2D eigenvalue weighted by Crippen LogP contribution is -2.39. The third-order valence-corrected chi connectivity index (χ3v) is 5.46. The molecule has 0 bridgehead atoms. The number of rotatable bonds is 9. The van der Waals surface area contributed by atoms with E-state index in [0.29, 0.717) is 18.7 Å². The Labute approximate surface area is 122 Å². The monoisotopic (exact) mass is 302 g/mol. The Morgan fingerprint density at radius 1 is 1.45 bits per heavy atom. The lowest BCUT2D eigenvalue weighted by Gasteiger charge is -2.27. The van der Waals surface area contributed by atoms with Crippen LogP contribution in [-0.4, -0.2) is 42.6 Å². The van der Waals surface area contributed by atoms with Gasteiger partial charge in [0.2, 0.25) is 0 Å². The van der Waals surface area contributed by atoms with Gasteiger partial charge >= 0.3 is 0 Å². The fraction of sp³-hybridized carbons (Fsp3) is 0.769. The van der Waals surface area contributed by atoms with E-state index in [0.717, 1.165) is 19.3 Å². The first-order valence-electron chi connectivity index (χ1n) is 7.17. The van der Waals surface area contributed by atoms with E-state index >= 15 is 0 Å². The molecule has 0 saturated heterocycles. The number of unbranched alkanes of at least 4 members (excludes halogenated alkanes) is 1. The van der Waals surface area contributed by atoms with Gasteiger partial charge in [-0.25, -0.2) is 8.42 Å². The second-order valence-corrected chi connectivity index (χ2v) is 6.81. The van der Waals surface area contributed by atoms with Gasteiger partial charge in [-0.2, -0.15) is 9.40 Å². The van der Waals surface area contributed by atoms with Gasteiger partial charge in [-0.3, -0.25) is 5.10 Å². The summed E-state index contributed by atoms with van der Waals surface area (Å²) in [6.07, 6.45) is 4.18. The maximum Gasteiger partial charge on any atom is 0.260 e. The highest BCUT2D eigenvalue weighted by atomic mass is 32.2. The Balaban J connectivity index is 3.11. The SMILES string of the molecule is CCCCN(C(C)CC)S(=O)(=O)c1[nH]ncc1CNC. The number of sulfonamides is 1. The second-order valence-electron chi connectivity index (χ2n) is 4.98. The Bertz CT molecular complexity index is 498. The molecule has 1 heterocycles. The molecule has 0 fully saturated rings. The molecule has 0 aliphatic rings. The normalized spacial score (nSPS) is 13.8. The molecule has 20 heavy (non-hydrogen) atoms. The molecule has 1 atom stereocenters. The van der Waals surface area contributed by atoms with Crippen molar-refractivity contribution in [3.8, 4) is 0 Å². The fourth-order valence-corrected chi connectivity index (χ4v) is 3.90. The van der Waals surface area contributed by atoms with E-state index in [1.807, 2.05) is 13.8 Å². The Morgan fingerprint density at radius 2 is 2.15 bits per heavy atom. The van der Waals surface area contributed by atoms with E-state index in [4.69, 9.17) is 0 Å². The van der Waals surface area contributed by atoms with Crippen molar-refractivity contribution in [1.82, 2.24) is 19.8 Å². The third kappa shape index (κ3) is 3.80. The average molecular weight is 302 g/mol. The van der Waals surface area contributed by atoms with Crippen LogP contribution < -0.4 is 5.32 Å². The van der Waals surface area contributed by atoms with E-state index < -0.39 is 10.0 Å². The van der Waals surface area contributed by atoms with Crippen molar-refractivity contribution in [2.75, 3.05) is 13.6 Å². The fourth-order valence-electron chi connectivity index (χ4n) is 2.05. The van der Waals surface area contributed by atoms with Crippen molar-refractivity contribution in [3.63, 3.8) is 0 Å². The minimum absolute atomic E-state index is 0.0164. The molecule has 1 aromatic heterocycles. The van der Waals surface area contributed by atoms with Crippen molar-refractivity contribution in [2.24, 2.45) is 0 Å². The van der Waals surface area contributed by atoms with Crippen LogP contribution in [0.1, 0.15) is 45.6 Å². The second kappa shape index (κ2) is 7.75. The first-order valence-corrected chi connectivity index (χ1v) is 8.61. The number of nitrogens with one attached hydrogen (secondary N) is 2. The molecular weight excluding hydrogens is 276 g/mol. The molecule has 0 aliphatic carbocycles. The highest BCUT2D eigenvalue weighted by molar-refractivity contribution is 7.89. The topological polar surface area (TPSA) is 78.1 Å². The van der Waals surface area contributed by atoms with Crippen LogP contribution in [0.2, 0.25) is 0 Å². The van der Waals surface area contributed by atoms with Gasteiger partial charge in [-0.05, 0) is 26.8 Å². The van der Waals surface area contributed by atoms with Crippen LogP contribution >= 0.6 is 0 Å². The molecule has 7 heteroatoms. The number of aromatic nitrogens is 2. The maximum atomic E-state index is 12.8. The van der Waals surface area contributed by atoms with E-state index in [-0.39, 0.29) is 11.1 Å². The molecule has 0 amide bonds. The van der Waals surface area contributed by atoms with Gasteiger partial charge < -0.3 is 5.32 Å². The largest absolute Gasteiger partial charge is 0.316 e. The van der Waals surface area contributed by atoms with E-state index in [9.17, 15) is 8.42 Å². The minimum Gasteiger partial charge on any atom is -0.316 e. The molecule has 6 nitrogen and oxygen atoms in total. The summed E-state index contributed by atoms with van der Waals surface area (Å²) in [7, 11) is -1.73. The Morgan fingerprint density at radius 3 is 2.70 bits per heavy atom. The van der Waals surface area contributed by atoms with Gasteiger partial charge in [-0.1, -0.05) is 20.3 Å². The van der Waals surface area contributed by atoms with Crippen LogP contribution in [0, 0.1) is 0 Å². The predicted molar refractivity (Wildman–Crippen MR) is 79.9 cm³/mol. The highest BCUT2D eigenvalue weighted by Crippen LogP contribution is 2.21. The van der Waals surface area contributed by atoms with Gasteiger partial charge in [0, 0.05) is 24.7 Å². The lowest BCUT2D eigenvalue weighted by atomic mass is 10.2. The molecule has 116 valence electrons. The summed E-state index contributed by atoms with van der Waals surface area (Å²) in [5.41, 5.74) is 0.678. The summed E-state index contributed by atoms with van der Waals surface area (Å²) in [4.78, 5) is 0. The number of H-pyrrole nitrogens is 1. The van der Waals surface area contributed by atoms with Gasteiger partial charge in [-0.15, -0.1) is 0 Å². The van der Waals surface area contributed by atoms with Gasteiger partial charge in [0.05, 0.1) is 6.20 Å². The van der Waals surface area contributed by atoms with Crippen molar-refractivity contribution in [2.45, 2.75) is 57.6 Å². The Hall–Kier alpha value is -0.920. The number of hydrogen-bond acceptors (Lipinski definition) is 4. The summed E-state index contributed by atoms with van der Waals surface area (Å²) in [5.74, 6) is 0. The standard InChI is InChI=1S/C13H26N4O2S/c1-5-7-8-17(11(3)6-2)20(18,19)13-12(9-14-4)10-15-16-13/h10-11,14H,5-9H2,1-4H3,(H,15,16). The summed E-state index contributed by atoms with van der Waals surface area (Å²) >= 11 is 0. The van der Waals surface area contributed by atoms with Gasteiger partial charge in [0.15, 0.2) is 5.03 Å². The molecule has 1 unspecified atom stereocenters. The molecule has 0 aliphatic heterocycles. The van der Waals surface area contributed by atoms with Crippen molar-refractivity contribution in [3.05, 3.63) is 11.8 Å². The molecule has 1 aromatic rings. The molecular formula is C13H26N4O2S. The van der Waals surface area contributed by atoms with Crippen molar-refractivity contribution < 1.29 is 8.42 Å². The molecule has 2 N–H and O–H groups in total. The summed E-state index contributed by atoms with van der Waals surface area (Å²) in [6.45, 7) is 7.03. The van der Waals surface area contributed by atoms with E-state index in [1.165, 1.54) is 0 Å². The summed E-state index contributed by atoms with van der Waals surface area (Å²) in [6, 6.07) is -0.0164. The predicted octanol–water partition coefficient (Wildman–Crippen LogP) is 1.72. The molecule has 0 spiro atoms. The molecule has 0 aromatic carbocycles. The van der Waals surface area contributed by atoms with Crippen LogP contribution in [0.15, 0.2) is 11.2 Å². The first-order chi connectivity index (χ1) is 9.48. The van der Waals surface area contributed by atoms with E-state index in [2.05, 4.69) is 22.4 Å².